The average molecular weight is 259 g/mol. The van der Waals surface area contributed by atoms with Gasteiger partial charge in [0.25, 0.3) is 0 Å². The molecule has 0 radical (unpaired) electrons. The molecular weight excluding hydrogens is 238 g/mol. The zero-order valence-electron chi connectivity index (χ0n) is 11.7. The van der Waals surface area contributed by atoms with E-state index in [0.29, 0.717) is 12.5 Å². The van der Waals surface area contributed by atoms with Crippen molar-refractivity contribution in [2.45, 2.75) is 32.2 Å². The summed E-state index contributed by atoms with van der Waals surface area (Å²) in [5.41, 5.74) is 1.95. The monoisotopic (exact) mass is 259 g/mol. The number of likely N-dealkylation sites (tertiary alicyclic amines) is 1. The first-order chi connectivity index (χ1) is 9.15. The van der Waals surface area contributed by atoms with Gasteiger partial charge in [-0.25, -0.2) is 0 Å². The molecule has 0 saturated carbocycles. The first kappa shape index (κ1) is 13.7. The van der Waals surface area contributed by atoms with Gasteiger partial charge in [0, 0.05) is 18.2 Å². The summed E-state index contributed by atoms with van der Waals surface area (Å²) in [7, 11) is 1.63. The van der Waals surface area contributed by atoms with Crippen LogP contribution in [-0.2, 0) is 11.2 Å². The number of carbonyl (C=O) groups is 1. The Kier molecular flexibility index (Phi) is 4.25. The Bertz CT molecular complexity index is 482. The molecule has 1 fully saturated rings. The molecule has 102 valence electrons. The molecule has 3 nitrogen and oxygen atoms in total. The molecule has 1 aliphatic rings. The van der Waals surface area contributed by atoms with E-state index in [1.165, 1.54) is 0 Å². The molecule has 1 aromatic rings. The van der Waals surface area contributed by atoms with Gasteiger partial charge in [-0.05, 0) is 37.5 Å². The Morgan fingerprint density at radius 3 is 2.95 bits per heavy atom. The van der Waals surface area contributed by atoms with Crippen LogP contribution in [0.5, 0.6) is 5.75 Å². The number of ether oxygens (including phenoxy) is 1. The molecule has 1 aromatic carbocycles. The fourth-order valence-corrected chi connectivity index (χ4v) is 2.63. The number of hydrogen-bond acceptors (Lipinski definition) is 2. The number of hydrogen-bond donors (Lipinski definition) is 0. The van der Waals surface area contributed by atoms with E-state index in [1.54, 1.807) is 13.2 Å². The van der Waals surface area contributed by atoms with Gasteiger partial charge < -0.3 is 9.64 Å². The van der Waals surface area contributed by atoms with E-state index in [4.69, 9.17) is 4.74 Å². The Morgan fingerprint density at radius 2 is 2.37 bits per heavy atom. The van der Waals surface area contributed by atoms with Crippen molar-refractivity contribution in [1.82, 2.24) is 4.90 Å². The van der Waals surface area contributed by atoms with Crippen molar-refractivity contribution in [2.24, 2.45) is 0 Å². The Morgan fingerprint density at radius 1 is 1.58 bits per heavy atom. The molecule has 3 heteroatoms. The van der Waals surface area contributed by atoms with Gasteiger partial charge in [0.1, 0.15) is 5.75 Å². The first-order valence-corrected chi connectivity index (χ1v) is 6.74. The largest absolute Gasteiger partial charge is 0.496 e. The van der Waals surface area contributed by atoms with Crippen molar-refractivity contribution in [3.8, 4) is 5.75 Å². The van der Waals surface area contributed by atoms with E-state index in [1.807, 2.05) is 23.1 Å². The van der Waals surface area contributed by atoms with Crippen LogP contribution in [0.4, 0.5) is 0 Å². The van der Waals surface area contributed by atoms with Crippen molar-refractivity contribution in [3.63, 3.8) is 0 Å². The molecule has 0 bridgehead atoms. The summed E-state index contributed by atoms with van der Waals surface area (Å²) in [5.74, 6) is 0.954. The fourth-order valence-electron chi connectivity index (χ4n) is 2.63. The Hall–Kier alpha value is -1.77. The lowest BCUT2D eigenvalue weighted by atomic mass is 10.1. The summed E-state index contributed by atoms with van der Waals surface area (Å²) in [6.45, 7) is 6.75. The fraction of sp³-hybridized carbons (Fsp3) is 0.438. The lowest BCUT2D eigenvalue weighted by Crippen LogP contribution is -2.34. The molecule has 19 heavy (non-hydrogen) atoms. The van der Waals surface area contributed by atoms with E-state index < -0.39 is 0 Å². The summed E-state index contributed by atoms with van der Waals surface area (Å²) in [4.78, 5) is 14.3. The molecule has 0 unspecified atom stereocenters. The third-order valence-electron chi connectivity index (χ3n) is 3.76. The SMILES string of the molecule is C=Cc1ccc(OC)c(CC(=O)N2CCC[C@@H]2C)c1. The highest BCUT2D eigenvalue weighted by atomic mass is 16.5. The van der Waals surface area contributed by atoms with E-state index >= 15 is 0 Å². The molecule has 1 aliphatic heterocycles. The quantitative estimate of drug-likeness (QED) is 0.832. The van der Waals surface area contributed by atoms with Crippen LogP contribution in [0.2, 0.25) is 0 Å². The van der Waals surface area contributed by atoms with Crippen molar-refractivity contribution in [3.05, 3.63) is 35.9 Å². The molecule has 1 amide bonds. The van der Waals surface area contributed by atoms with Gasteiger partial charge >= 0.3 is 0 Å². The predicted molar refractivity (Wildman–Crippen MR) is 77.2 cm³/mol. The molecule has 1 heterocycles. The minimum absolute atomic E-state index is 0.185. The summed E-state index contributed by atoms with van der Waals surface area (Å²) in [5, 5.41) is 0. The molecule has 1 saturated heterocycles. The number of amides is 1. The lowest BCUT2D eigenvalue weighted by molar-refractivity contribution is -0.131. The maximum atomic E-state index is 12.3. The maximum Gasteiger partial charge on any atom is 0.227 e. The summed E-state index contributed by atoms with van der Waals surface area (Å²) in [6, 6.07) is 6.18. The van der Waals surface area contributed by atoms with Gasteiger partial charge in [0.05, 0.1) is 13.5 Å². The maximum absolute atomic E-state index is 12.3. The third-order valence-corrected chi connectivity index (χ3v) is 3.76. The highest BCUT2D eigenvalue weighted by Gasteiger charge is 2.25. The van der Waals surface area contributed by atoms with Crippen molar-refractivity contribution in [2.75, 3.05) is 13.7 Å². The molecule has 0 aliphatic carbocycles. The zero-order valence-corrected chi connectivity index (χ0v) is 11.7. The van der Waals surface area contributed by atoms with Gasteiger partial charge in [-0.3, -0.25) is 4.79 Å². The zero-order chi connectivity index (χ0) is 13.8. The van der Waals surface area contributed by atoms with Crippen molar-refractivity contribution in [1.29, 1.82) is 0 Å². The van der Waals surface area contributed by atoms with Gasteiger partial charge in [-0.1, -0.05) is 18.7 Å². The van der Waals surface area contributed by atoms with Crippen molar-refractivity contribution < 1.29 is 9.53 Å². The van der Waals surface area contributed by atoms with Gasteiger partial charge in [0.15, 0.2) is 0 Å². The minimum Gasteiger partial charge on any atom is -0.496 e. The summed E-state index contributed by atoms with van der Waals surface area (Å²) < 4.78 is 5.33. The van der Waals surface area contributed by atoms with Crippen LogP contribution in [-0.4, -0.2) is 30.5 Å². The van der Waals surface area contributed by atoms with E-state index in [2.05, 4.69) is 13.5 Å². The first-order valence-electron chi connectivity index (χ1n) is 6.74. The number of benzene rings is 1. The molecule has 2 rings (SSSR count). The van der Waals surface area contributed by atoms with Crippen LogP contribution in [0.3, 0.4) is 0 Å². The Balaban J connectivity index is 2.17. The highest BCUT2D eigenvalue weighted by Crippen LogP contribution is 2.24. The van der Waals surface area contributed by atoms with Crippen LogP contribution >= 0.6 is 0 Å². The lowest BCUT2D eigenvalue weighted by Gasteiger charge is -2.22. The van der Waals surface area contributed by atoms with Crippen LogP contribution in [0.15, 0.2) is 24.8 Å². The van der Waals surface area contributed by atoms with E-state index in [9.17, 15) is 4.79 Å². The number of nitrogens with zero attached hydrogens (tertiary/aromatic N) is 1. The highest BCUT2D eigenvalue weighted by molar-refractivity contribution is 5.80. The van der Waals surface area contributed by atoms with Crippen LogP contribution in [0, 0.1) is 0 Å². The smallest absolute Gasteiger partial charge is 0.227 e. The van der Waals surface area contributed by atoms with Crippen LogP contribution in [0.25, 0.3) is 6.08 Å². The van der Waals surface area contributed by atoms with Crippen LogP contribution < -0.4 is 4.74 Å². The number of carbonyl (C=O) groups excluding carboxylic acids is 1. The minimum atomic E-state index is 0.185. The summed E-state index contributed by atoms with van der Waals surface area (Å²) in [6.07, 6.45) is 4.40. The molecule has 0 spiro atoms. The van der Waals surface area contributed by atoms with E-state index in [-0.39, 0.29) is 5.91 Å². The molecule has 0 aromatic heterocycles. The summed E-state index contributed by atoms with van der Waals surface area (Å²) >= 11 is 0. The standard InChI is InChI=1S/C16H21NO2/c1-4-13-7-8-15(19-3)14(10-13)11-16(18)17-9-5-6-12(17)2/h4,7-8,10,12H,1,5-6,9,11H2,2-3H3/t12-/m0/s1. The van der Waals surface area contributed by atoms with Crippen LogP contribution in [0.1, 0.15) is 30.9 Å². The van der Waals surface area contributed by atoms with Gasteiger partial charge in [-0.2, -0.15) is 0 Å². The van der Waals surface area contributed by atoms with Gasteiger partial charge in [-0.15, -0.1) is 0 Å². The topological polar surface area (TPSA) is 29.5 Å². The second-order valence-electron chi connectivity index (χ2n) is 5.03. The Labute approximate surface area is 114 Å². The second kappa shape index (κ2) is 5.91. The number of rotatable bonds is 4. The molecule has 1 atom stereocenters. The number of methoxy groups -OCH3 is 1. The molecular formula is C16H21NO2. The van der Waals surface area contributed by atoms with Crippen molar-refractivity contribution >= 4 is 12.0 Å². The van der Waals surface area contributed by atoms with Gasteiger partial charge in [0.2, 0.25) is 5.91 Å². The normalized spacial score (nSPS) is 18.4. The average Bonchev–Trinajstić information content (AvgIpc) is 2.85. The second-order valence-corrected chi connectivity index (χ2v) is 5.03. The van der Waals surface area contributed by atoms with E-state index in [0.717, 1.165) is 36.3 Å². The third kappa shape index (κ3) is 2.98. The molecule has 0 N–H and O–H groups in total. The predicted octanol–water partition coefficient (Wildman–Crippen LogP) is 2.89.